The third kappa shape index (κ3) is 4.50. The second-order valence-corrected chi connectivity index (χ2v) is 7.90. The minimum atomic E-state index is 0.251. The van der Waals surface area contributed by atoms with Crippen LogP contribution in [0, 0.1) is 6.92 Å². The van der Waals surface area contributed by atoms with Gasteiger partial charge in [-0.1, -0.05) is 30.3 Å². The molecular weight excluding hydrogens is 344 g/mol. The van der Waals surface area contributed by atoms with Crippen molar-refractivity contribution in [2.24, 2.45) is 0 Å². The van der Waals surface area contributed by atoms with Crippen molar-refractivity contribution in [1.29, 1.82) is 0 Å². The lowest BCUT2D eigenvalue weighted by atomic mass is 10.2. The molecule has 3 rings (SSSR count). The van der Waals surface area contributed by atoms with Gasteiger partial charge in [-0.3, -0.25) is 9.69 Å². The van der Waals surface area contributed by atoms with Gasteiger partial charge in [-0.25, -0.2) is 4.98 Å². The molecule has 1 unspecified atom stereocenters. The summed E-state index contributed by atoms with van der Waals surface area (Å²) < 4.78 is 0. The number of thiazole rings is 1. The van der Waals surface area contributed by atoms with E-state index in [0.717, 1.165) is 49.0 Å². The van der Waals surface area contributed by atoms with Crippen LogP contribution in [0.15, 0.2) is 30.3 Å². The van der Waals surface area contributed by atoms with E-state index in [1.54, 1.807) is 11.3 Å². The molecule has 1 aliphatic heterocycles. The van der Waals surface area contributed by atoms with Crippen LogP contribution in [0.2, 0.25) is 0 Å². The van der Waals surface area contributed by atoms with E-state index in [-0.39, 0.29) is 11.9 Å². The number of carbonyl (C=O) groups is 1. The quantitative estimate of drug-likeness (QED) is 0.847. The van der Waals surface area contributed by atoms with Crippen LogP contribution in [0.1, 0.15) is 30.0 Å². The first-order valence-electron chi connectivity index (χ1n) is 9.27. The lowest BCUT2D eigenvalue weighted by Crippen LogP contribution is -2.47. The lowest BCUT2D eigenvalue weighted by Gasteiger charge is -2.29. The number of nitrogens with zero attached hydrogens (tertiary/aromatic N) is 3. The Labute approximate surface area is 160 Å². The minimum Gasteiger partial charge on any atom is -0.340 e. The number of hydrogen-bond donors (Lipinski definition) is 1. The minimum absolute atomic E-state index is 0.251. The molecular formula is C20H28N4OS. The van der Waals surface area contributed by atoms with Gasteiger partial charge in [-0.05, 0) is 20.9 Å². The molecule has 0 spiro atoms. The van der Waals surface area contributed by atoms with E-state index < -0.39 is 0 Å². The van der Waals surface area contributed by atoms with Gasteiger partial charge < -0.3 is 10.2 Å². The van der Waals surface area contributed by atoms with E-state index in [0.29, 0.717) is 6.42 Å². The number of hydrogen-bond acceptors (Lipinski definition) is 5. The zero-order valence-electron chi connectivity index (χ0n) is 15.9. The van der Waals surface area contributed by atoms with E-state index in [1.807, 2.05) is 23.1 Å². The predicted octanol–water partition coefficient (Wildman–Crippen LogP) is 2.93. The second-order valence-electron chi connectivity index (χ2n) is 6.87. The van der Waals surface area contributed by atoms with Gasteiger partial charge in [-0.2, -0.15) is 0 Å². The smallest absolute Gasteiger partial charge is 0.223 e. The van der Waals surface area contributed by atoms with Crippen molar-refractivity contribution in [3.8, 4) is 10.6 Å². The number of amides is 1. The molecule has 2 heterocycles. The number of piperazine rings is 1. The fourth-order valence-electron chi connectivity index (χ4n) is 3.24. The molecule has 26 heavy (non-hydrogen) atoms. The van der Waals surface area contributed by atoms with E-state index in [9.17, 15) is 4.79 Å². The van der Waals surface area contributed by atoms with E-state index in [2.05, 4.69) is 43.2 Å². The molecule has 2 aromatic rings. The van der Waals surface area contributed by atoms with Crippen LogP contribution in [0.5, 0.6) is 0 Å². The van der Waals surface area contributed by atoms with Crippen LogP contribution < -0.4 is 5.32 Å². The number of nitrogens with one attached hydrogen (secondary N) is 1. The number of aromatic nitrogens is 1. The first kappa shape index (κ1) is 19.0. The van der Waals surface area contributed by atoms with Gasteiger partial charge in [0.05, 0.1) is 5.69 Å². The molecule has 6 heteroatoms. The Hall–Kier alpha value is -1.76. The number of aryl methyl sites for hydroxylation is 1. The SMILES string of the molecule is Cc1nc(-c2ccccc2)sc1C(C)N(C)CCC(=O)N1CCNCC1. The second kappa shape index (κ2) is 8.75. The third-order valence-electron chi connectivity index (χ3n) is 5.04. The molecule has 1 saturated heterocycles. The van der Waals surface area contributed by atoms with Crippen molar-refractivity contribution >= 4 is 17.2 Å². The highest BCUT2D eigenvalue weighted by Crippen LogP contribution is 2.33. The summed E-state index contributed by atoms with van der Waals surface area (Å²) in [5.41, 5.74) is 2.25. The molecule has 1 N–H and O–H groups in total. The van der Waals surface area contributed by atoms with Crippen molar-refractivity contribution in [3.05, 3.63) is 40.9 Å². The van der Waals surface area contributed by atoms with Crippen LogP contribution in [-0.4, -0.2) is 60.5 Å². The molecule has 0 saturated carbocycles. The zero-order valence-corrected chi connectivity index (χ0v) is 16.7. The summed E-state index contributed by atoms with van der Waals surface area (Å²) in [6.45, 7) is 8.50. The van der Waals surface area contributed by atoms with Crippen LogP contribution in [0.3, 0.4) is 0 Å². The molecule has 0 aliphatic carbocycles. The largest absolute Gasteiger partial charge is 0.340 e. The normalized spacial score (nSPS) is 16.1. The predicted molar refractivity (Wildman–Crippen MR) is 107 cm³/mol. The van der Waals surface area contributed by atoms with Crippen molar-refractivity contribution in [1.82, 2.24) is 20.1 Å². The number of carbonyl (C=O) groups excluding carboxylic acids is 1. The molecule has 140 valence electrons. The van der Waals surface area contributed by atoms with Gasteiger partial charge in [0.1, 0.15) is 5.01 Å². The maximum Gasteiger partial charge on any atom is 0.223 e. The average Bonchev–Trinajstić information content (AvgIpc) is 3.08. The van der Waals surface area contributed by atoms with Crippen molar-refractivity contribution in [2.45, 2.75) is 26.3 Å². The first-order chi connectivity index (χ1) is 12.6. The highest BCUT2D eigenvalue weighted by Gasteiger charge is 2.21. The number of benzene rings is 1. The first-order valence-corrected chi connectivity index (χ1v) is 10.1. The molecule has 1 aromatic carbocycles. The summed E-state index contributed by atoms with van der Waals surface area (Å²) in [4.78, 5) is 22.7. The Balaban J connectivity index is 1.60. The Kier molecular flexibility index (Phi) is 6.40. The summed E-state index contributed by atoms with van der Waals surface area (Å²) in [5.74, 6) is 0.261. The van der Waals surface area contributed by atoms with Gasteiger partial charge in [0.25, 0.3) is 0 Å². The number of rotatable bonds is 6. The fourth-order valence-corrected chi connectivity index (χ4v) is 4.43. The molecule has 1 atom stereocenters. The Bertz CT molecular complexity index is 725. The van der Waals surface area contributed by atoms with Gasteiger partial charge in [-0.15, -0.1) is 11.3 Å². The van der Waals surface area contributed by atoms with Gasteiger partial charge in [0.15, 0.2) is 0 Å². The third-order valence-corrected chi connectivity index (χ3v) is 6.42. The zero-order chi connectivity index (χ0) is 18.5. The van der Waals surface area contributed by atoms with Gasteiger partial charge in [0.2, 0.25) is 5.91 Å². The van der Waals surface area contributed by atoms with Crippen molar-refractivity contribution in [3.63, 3.8) is 0 Å². The van der Waals surface area contributed by atoms with E-state index in [1.165, 1.54) is 4.88 Å². The Morgan fingerprint density at radius 2 is 2.00 bits per heavy atom. The van der Waals surface area contributed by atoms with Crippen molar-refractivity contribution in [2.75, 3.05) is 39.8 Å². The molecule has 1 fully saturated rings. The standard InChI is InChI=1S/C20H28N4OS/c1-15-19(26-20(22-15)17-7-5-4-6-8-17)16(2)23(3)12-9-18(25)24-13-10-21-11-14-24/h4-8,16,21H,9-14H2,1-3H3. The molecule has 0 bridgehead atoms. The Morgan fingerprint density at radius 1 is 1.31 bits per heavy atom. The summed E-state index contributed by atoms with van der Waals surface area (Å²) in [6.07, 6.45) is 0.574. The lowest BCUT2D eigenvalue weighted by molar-refractivity contribution is -0.132. The van der Waals surface area contributed by atoms with Crippen LogP contribution in [0.4, 0.5) is 0 Å². The molecule has 0 radical (unpaired) electrons. The van der Waals surface area contributed by atoms with Crippen LogP contribution >= 0.6 is 11.3 Å². The Morgan fingerprint density at radius 3 is 2.69 bits per heavy atom. The van der Waals surface area contributed by atoms with Gasteiger partial charge in [0, 0.05) is 55.6 Å². The van der Waals surface area contributed by atoms with Gasteiger partial charge >= 0.3 is 0 Å². The maximum atomic E-state index is 12.4. The summed E-state index contributed by atoms with van der Waals surface area (Å²) in [5, 5.41) is 4.35. The summed E-state index contributed by atoms with van der Waals surface area (Å²) in [6, 6.07) is 10.6. The molecule has 1 amide bonds. The van der Waals surface area contributed by atoms with E-state index >= 15 is 0 Å². The highest BCUT2D eigenvalue weighted by molar-refractivity contribution is 7.15. The maximum absolute atomic E-state index is 12.4. The fraction of sp³-hybridized carbons (Fsp3) is 0.500. The molecule has 5 nitrogen and oxygen atoms in total. The topological polar surface area (TPSA) is 48.5 Å². The molecule has 1 aromatic heterocycles. The summed E-state index contributed by atoms with van der Waals surface area (Å²) >= 11 is 1.75. The average molecular weight is 373 g/mol. The van der Waals surface area contributed by atoms with E-state index in [4.69, 9.17) is 4.98 Å². The summed E-state index contributed by atoms with van der Waals surface area (Å²) in [7, 11) is 2.09. The van der Waals surface area contributed by atoms with Crippen LogP contribution in [0.25, 0.3) is 10.6 Å². The van der Waals surface area contributed by atoms with Crippen molar-refractivity contribution < 1.29 is 4.79 Å². The monoisotopic (exact) mass is 372 g/mol. The molecule has 1 aliphatic rings. The highest BCUT2D eigenvalue weighted by atomic mass is 32.1. The van der Waals surface area contributed by atoms with Crippen LogP contribution in [-0.2, 0) is 4.79 Å².